The Bertz CT molecular complexity index is 307. The average molecular weight is 270 g/mol. The van der Waals surface area contributed by atoms with Crippen LogP contribution in [0.1, 0.15) is 52.4 Å². The van der Waals surface area contributed by atoms with E-state index < -0.39 is 5.97 Å². The van der Waals surface area contributed by atoms with Crippen LogP contribution in [0.3, 0.4) is 0 Å². The van der Waals surface area contributed by atoms with Crippen LogP contribution < -0.4 is 0 Å². The molecule has 0 aliphatic carbocycles. The van der Waals surface area contributed by atoms with E-state index in [1.54, 1.807) is 4.90 Å². The summed E-state index contributed by atoms with van der Waals surface area (Å²) in [5.41, 5.74) is 0. The van der Waals surface area contributed by atoms with Crippen LogP contribution in [0.15, 0.2) is 0 Å². The van der Waals surface area contributed by atoms with Gasteiger partial charge in [0, 0.05) is 25.7 Å². The molecular formula is C14H26N2O3. The van der Waals surface area contributed by atoms with Gasteiger partial charge in [0.2, 0.25) is 0 Å². The van der Waals surface area contributed by atoms with Gasteiger partial charge in [-0.15, -0.1) is 0 Å². The maximum atomic E-state index is 12.5. The van der Waals surface area contributed by atoms with E-state index in [1.807, 2.05) is 11.8 Å². The molecule has 0 aromatic rings. The van der Waals surface area contributed by atoms with Crippen molar-refractivity contribution >= 4 is 12.0 Å². The summed E-state index contributed by atoms with van der Waals surface area (Å²) in [4.78, 5) is 26.8. The van der Waals surface area contributed by atoms with Gasteiger partial charge in [0.05, 0.1) is 6.42 Å². The van der Waals surface area contributed by atoms with Crippen LogP contribution in [0.5, 0.6) is 0 Å². The molecule has 19 heavy (non-hydrogen) atoms. The summed E-state index contributed by atoms with van der Waals surface area (Å²) in [6.07, 6.45) is 5.48. The Morgan fingerprint density at radius 2 is 2.00 bits per heavy atom. The third kappa shape index (κ3) is 4.73. The Kier molecular flexibility index (Phi) is 6.67. The lowest BCUT2D eigenvalue weighted by atomic mass is 10.1. The van der Waals surface area contributed by atoms with Crippen LogP contribution in [0.25, 0.3) is 0 Å². The van der Waals surface area contributed by atoms with Gasteiger partial charge in [0.15, 0.2) is 0 Å². The highest BCUT2D eigenvalue weighted by Crippen LogP contribution is 2.20. The first-order valence-electron chi connectivity index (χ1n) is 7.37. The predicted molar refractivity (Wildman–Crippen MR) is 74.1 cm³/mol. The number of carboxylic acids is 1. The van der Waals surface area contributed by atoms with E-state index in [4.69, 9.17) is 5.11 Å². The molecular weight excluding hydrogens is 244 g/mol. The molecule has 1 unspecified atom stereocenters. The number of aliphatic carboxylic acids is 1. The van der Waals surface area contributed by atoms with Crippen molar-refractivity contribution in [3.8, 4) is 0 Å². The summed E-state index contributed by atoms with van der Waals surface area (Å²) in [5.74, 6) is -0.853. The molecule has 1 saturated heterocycles. The molecule has 1 aliphatic rings. The summed E-state index contributed by atoms with van der Waals surface area (Å²) in [5, 5.41) is 8.74. The molecule has 1 heterocycles. The summed E-state index contributed by atoms with van der Waals surface area (Å²) in [6.45, 7) is 5.69. The molecule has 5 nitrogen and oxygen atoms in total. The second-order valence-electron chi connectivity index (χ2n) is 5.11. The minimum absolute atomic E-state index is 0.0116. The topological polar surface area (TPSA) is 60.9 Å². The summed E-state index contributed by atoms with van der Waals surface area (Å²) < 4.78 is 0. The molecule has 1 aliphatic heterocycles. The maximum absolute atomic E-state index is 12.5. The van der Waals surface area contributed by atoms with Crippen LogP contribution in [-0.4, -0.2) is 52.6 Å². The smallest absolute Gasteiger partial charge is 0.320 e. The van der Waals surface area contributed by atoms with Gasteiger partial charge in [0.25, 0.3) is 0 Å². The van der Waals surface area contributed by atoms with Crippen molar-refractivity contribution in [1.29, 1.82) is 0 Å². The zero-order valence-corrected chi connectivity index (χ0v) is 12.1. The third-order valence-electron chi connectivity index (χ3n) is 3.84. The van der Waals surface area contributed by atoms with Gasteiger partial charge in [-0.05, 0) is 26.2 Å². The lowest BCUT2D eigenvalue weighted by Gasteiger charge is -2.34. The molecule has 1 fully saturated rings. The SMILES string of the molecule is CCC1CCCCCN1C(=O)N(CC)CCC(=O)O. The number of amides is 2. The van der Waals surface area contributed by atoms with Crippen molar-refractivity contribution in [3.63, 3.8) is 0 Å². The molecule has 0 aromatic heterocycles. The number of urea groups is 1. The second-order valence-corrected chi connectivity index (χ2v) is 5.11. The fraction of sp³-hybridized carbons (Fsp3) is 0.857. The highest BCUT2D eigenvalue weighted by atomic mass is 16.4. The van der Waals surface area contributed by atoms with Crippen LogP contribution in [0.4, 0.5) is 4.79 Å². The van der Waals surface area contributed by atoms with Crippen molar-refractivity contribution in [3.05, 3.63) is 0 Å². The quantitative estimate of drug-likeness (QED) is 0.835. The predicted octanol–water partition coefficient (Wildman–Crippen LogP) is 2.56. The Balaban J connectivity index is 2.66. The molecule has 1 N–H and O–H groups in total. The van der Waals surface area contributed by atoms with Gasteiger partial charge >= 0.3 is 12.0 Å². The Labute approximate surface area is 115 Å². The van der Waals surface area contributed by atoms with Gasteiger partial charge in [-0.2, -0.15) is 0 Å². The van der Waals surface area contributed by atoms with E-state index in [9.17, 15) is 9.59 Å². The summed E-state index contributed by atoms with van der Waals surface area (Å²) in [7, 11) is 0. The number of hydrogen-bond acceptors (Lipinski definition) is 2. The summed E-state index contributed by atoms with van der Waals surface area (Å²) >= 11 is 0. The normalized spacial score (nSPS) is 19.9. The molecule has 1 atom stereocenters. The van der Waals surface area contributed by atoms with Gasteiger partial charge in [-0.1, -0.05) is 19.8 Å². The fourth-order valence-electron chi connectivity index (χ4n) is 2.65. The van der Waals surface area contributed by atoms with Gasteiger partial charge in [0.1, 0.15) is 0 Å². The largest absolute Gasteiger partial charge is 0.481 e. The molecule has 0 spiro atoms. The van der Waals surface area contributed by atoms with Crippen LogP contribution in [-0.2, 0) is 4.79 Å². The number of hydrogen-bond donors (Lipinski definition) is 1. The molecule has 2 amide bonds. The van der Waals surface area contributed by atoms with Gasteiger partial charge in [-0.25, -0.2) is 4.79 Å². The number of rotatable bonds is 5. The van der Waals surface area contributed by atoms with Crippen molar-refractivity contribution in [2.75, 3.05) is 19.6 Å². The van der Waals surface area contributed by atoms with Gasteiger partial charge in [-0.3, -0.25) is 4.79 Å². The van der Waals surface area contributed by atoms with E-state index in [-0.39, 0.29) is 12.5 Å². The molecule has 0 aromatic carbocycles. The highest BCUT2D eigenvalue weighted by molar-refractivity contribution is 5.75. The first kappa shape index (κ1) is 15.8. The monoisotopic (exact) mass is 270 g/mol. The number of carboxylic acid groups (broad SMARTS) is 1. The van der Waals surface area contributed by atoms with E-state index in [0.717, 1.165) is 25.8 Å². The third-order valence-corrected chi connectivity index (χ3v) is 3.84. The van der Waals surface area contributed by atoms with Crippen molar-refractivity contribution in [2.24, 2.45) is 0 Å². The zero-order chi connectivity index (χ0) is 14.3. The molecule has 0 saturated carbocycles. The Morgan fingerprint density at radius 3 is 2.58 bits per heavy atom. The van der Waals surface area contributed by atoms with E-state index in [1.165, 1.54) is 12.8 Å². The second kappa shape index (κ2) is 8.02. The first-order chi connectivity index (χ1) is 9.10. The van der Waals surface area contributed by atoms with E-state index in [2.05, 4.69) is 6.92 Å². The van der Waals surface area contributed by atoms with Crippen molar-refractivity contribution in [2.45, 2.75) is 58.4 Å². The molecule has 1 rings (SSSR count). The molecule has 0 bridgehead atoms. The summed E-state index contributed by atoms with van der Waals surface area (Å²) in [6, 6.07) is 0.325. The van der Waals surface area contributed by atoms with E-state index in [0.29, 0.717) is 19.1 Å². The van der Waals surface area contributed by atoms with Crippen LogP contribution >= 0.6 is 0 Å². The fourth-order valence-corrected chi connectivity index (χ4v) is 2.65. The number of carbonyl (C=O) groups excluding carboxylic acids is 1. The number of carbonyl (C=O) groups is 2. The molecule has 5 heteroatoms. The average Bonchev–Trinajstić information content (AvgIpc) is 2.63. The highest BCUT2D eigenvalue weighted by Gasteiger charge is 2.27. The van der Waals surface area contributed by atoms with Gasteiger partial charge < -0.3 is 14.9 Å². The van der Waals surface area contributed by atoms with Crippen molar-refractivity contribution in [1.82, 2.24) is 9.80 Å². The van der Waals surface area contributed by atoms with Crippen molar-refractivity contribution < 1.29 is 14.7 Å². The van der Waals surface area contributed by atoms with Crippen LogP contribution in [0, 0.1) is 0 Å². The minimum Gasteiger partial charge on any atom is -0.481 e. The van der Waals surface area contributed by atoms with E-state index >= 15 is 0 Å². The molecule has 0 radical (unpaired) electrons. The lowest BCUT2D eigenvalue weighted by molar-refractivity contribution is -0.137. The Morgan fingerprint density at radius 1 is 1.26 bits per heavy atom. The minimum atomic E-state index is -0.853. The number of nitrogens with zero attached hydrogens (tertiary/aromatic N) is 2. The van der Waals surface area contributed by atoms with Crippen LogP contribution in [0.2, 0.25) is 0 Å². The maximum Gasteiger partial charge on any atom is 0.320 e. The first-order valence-corrected chi connectivity index (χ1v) is 7.37. The lowest BCUT2D eigenvalue weighted by Crippen LogP contribution is -2.48. The standard InChI is InChI=1S/C14H26N2O3/c1-3-12-8-6-5-7-10-16(12)14(19)15(4-2)11-9-13(17)18/h12H,3-11H2,1-2H3,(H,17,18). The zero-order valence-electron chi connectivity index (χ0n) is 12.1. The number of likely N-dealkylation sites (tertiary alicyclic amines) is 1. The molecule has 110 valence electrons. The Hall–Kier alpha value is -1.26.